The van der Waals surface area contributed by atoms with E-state index in [2.05, 4.69) is 20.7 Å². The maximum absolute atomic E-state index is 11.7. The first-order valence-corrected chi connectivity index (χ1v) is 7.71. The van der Waals surface area contributed by atoms with E-state index in [-0.39, 0.29) is 12.4 Å². The van der Waals surface area contributed by atoms with Crippen LogP contribution in [0.5, 0.6) is 0 Å². The van der Waals surface area contributed by atoms with Crippen molar-refractivity contribution in [3.63, 3.8) is 0 Å². The fourth-order valence-electron chi connectivity index (χ4n) is 1.20. The van der Waals surface area contributed by atoms with Crippen LogP contribution in [0.25, 0.3) is 0 Å². The van der Waals surface area contributed by atoms with E-state index in [9.17, 15) is 8.42 Å². The molecule has 0 aromatic heterocycles. The Morgan fingerprint density at radius 1 is 1.50 bits per heavy atom. The maximum atomic E-state index is 11.7. The van der Waals surface area contributed by atoms with Crippen LogP contribution < -0.4 is 4.72 Å². The Morgan fingerprint density at radius 2 is 2.22 bits per heavy atom. The lowest BCUT2D eigenvalue weighted by Gasteiger charge is -2.09. The molecule has 0 atom stereocenters. The van der Waals surface area contributed by atoms with Crippen molar-refractivity contribution in [2.45, 2.75) is 6.92 Å². The largest absolute Gasteiger partial charge is 0.381 e. The molecule has 0 radical (unpaired) electrons. The van der Waals surface area contributed by atoms with Crippen LogP contribution in [0.3, 0.4) is 0 Å². The third-order valence-corrected chi connectivity index (χ3v) is 3.96. The minimum atomic E-state index is -3.44. The zero-order valence-corrected chi connectivity index (χ0v) is 12.2. The summed E-state index contributed by atoms with van der Waals surface area (Å²) in [6.45, 7) is 2.44. The topological polar surface area (TPSA) is 79.2 Å². The first-order chi connectivity index (χ1) is 8.48. The first kappa shape index (κ1) is 15.0. The predicted molar refractivity (Wildman–Crippen MR) is 72.8 cm³/mol. The molecule has 0 fully saturated rings. The normalized spacial score (nSPS) is 10.9. The number of nitriles is 1. The van der Waals surface area contributed by atoms with Crippen LogP contribution in [0.4, 0.5) is 5.69 Å². The van der Waals surface area contributed by atoms with Gasteiger partial charge in [0.1, 0.15) is 0 Å². The monoisotopic (exact) mass is 332 g/mol. The van der Waals surface area contributed by atoms with Gasteiger partial charge in [0, 0.05) is 11.1 Å². The molecule has 0 amide bonds. The number of rotatable bonds is 6. The molecule has 1 aromatic carbocycles. The number of anilines is 1. The molecule has 1 N–H and O–H groups in total. The molecule has 5 nitrogen and oxygen atoms in total. The minimum absolute atomic E-state index is 0.104. The van der Waals surface area contributed by atoms with E-state index in [4.69, 9.17) is 10.00 Å². The van der Waals surface area contributed by atoms with Gasteiger partial charge in [-0.3, -0.25) is 4.72 Å². The molecule has 0 aliphatic carbocycles. The summed E-state index contributed by atoms with van der Waals surface area (Å²) >= 11 is 3.21. The van der Waals surface area contributed by atoms with Gasteiger partial charge in [0.25, 0.3) is 0 Å². The summed E-state index contributed by atoms with van der Waals surface area (Å²) < 4.78 is 31.4. The highest BCUT2D eigenvalue weighted by atomic mass is 79.9. The number of hydrogen-bond acceptors (Lipinski definition) is 4. The lowest BCUT2D eigenvalue weighted by atomic mass is 10.2. The average Bonchev–Trinajstić information content (AvgIpc) is 2.31. The number of benzene rings is 1. The van der Waals surface area contributed by atoms with Crippen molar-refractivity contribution in [2.75, 3.05) is 23.7 Å². The van der Waals surface area contributed by atoms with Crippen molar-refractivity contribution in [1.82, 2.24) is 0 Å². The number of sulfonamides is 1. The van der Waals surface area contributed by atoms with Gasteiger partial charge >= 0.3 is 0 Å². The van der Waals surface area contributed by atoms with Crippen molar-refractivity contribution in [3.05, 3.63) is 28.2 Å². The van der Waals surface area contributed by atoms with Crippen LogP contribution in [-0.2, 0) is 14.8 Å². The fraction of sp³-hybridized carbons (Fsp3) is 0.364. The maximum Gasteiger partial charge on any atom is 0.235 e. The van der Waals surface area contributed by atoms with Gasteiger partial charge in [-0.25, -0.2) is 8.42 Å². The summed E-state index contributed by atoms with van der Waals surface area (Å²) in [6, 6.07) is 6.62. The summed E-state index contributed by atoms with van der Waals surface area (Å²) in [5, 5.41) is 8.70. The lowest BCUT2D eigenvalue weighted by molar-refractivity contribution is 0.163. The van der Waals surface area contributed by atoms with Gasteiger partial charge in [-0.2, -0.15) is 5.26 Å². The van der Waals surface area contributed by atoms with E-state index in [1.807, 2.05) is 6.07 Å². The van der Waals surface area contributed by atoms with Gasteiger partial charge in [0.2, 0.25) is 10.0 Å². The molecular weight excluding hydrogens is 320 g/mol. The van der Waals surface area contributed by atoms with Gasteiger partial charge in [-0.05, 0) is 41.1 Å². The number of nitrogens with one attached hydrogen (secondary N) is 1. The van der Waals surface area contributed by atoms with E-state index in [0.717, 1.165) is 0 Å². The van der Waals surface area contributed by atoms with Gasteiger partial charge in [-0.1, -0.05) is 0 Å². The second-order valence-electron chi connectivity index (χ2n) is 3.42. The van der Waals surface area contributed by atoms with E-state index >= 15 is 0 Å². The molecule has 0 spiro atoms. The third-order valence-electron chi connectivity index (χ3n) is 2.06. The van der Waals surface area contributed by atoms with Crippen molar-refractivity contribution >= 4 is 31.6 Å². The molecule has 0 unspecified atom stereocenters. The van der Waals surface area contributed by atoms with Crippen molar-refractivity contribution < 1.29 is 13.2 Å². The van der Waals surface area contributed by atoms with E-state index in [1.54, 1.807) is 25.1 Å². The molecule has 1 aromatic rings. The van der Waals surface area contributed by atoms with Crippen molar-refractivity contribution in [1.29, 1.82) is 5.26 Å². The highest BCUT2D eigenvalue weighted by Gasteiger charge is 2.12. The Kier molecular flexibility index (Phi) is 5.59. The molecule has 1 rings (SSSR count). The van der Waals surface area contributed by atoms with Gasteiger partial charge in [-0.15, -0.1) is 0 Å². The Balaban J connectivity index is 2.75. The van der Waals surface area contributed by atoms with Crippen molar-refractivity contribution in [3.8, 4) is 6.07 Å². The SMILES string of the molecule is CCOCCS(=O)(=O)Nc1ccc(C#N)cc1Br. The summed E-state index contributed by atoms with van der Waals surface area (Å²) in [5.41, 5.74) is 0.865. The van der Waals surface area contributed by atoms with E-state index < -0.39 is 10.0 Å². The molecule has 0 aliphatic heterocycles. The van der Waals surface area contributed by atoms with Crippen LogP contribution in [0.1, 0.15) is 12.5 Å². The van der Waals surface area contributed by atoms with E-state index in [1.165, 1.54) is 0 Å². The Bertz CT molecular complexity index is 552. The smallest absolute Gasteiger partial charge is 0.235 e. The number of ether oxygens (including phenoxy) is 1. The molecule has 98 valence electrons. The van der Waals surface area contributed by atoms with Crippen LogP contribution >= 0.6 is 15.9 Å². The van der Waals surface area contributed by atoms with Gasteiger partial charge in [0.15, 0.2) is 0 Å². The summed E-state index contributed by atoms with van der Waals surface area (Å²) in [6.07, 6.45) is 0. The molecule has 18 heavy (non-hydrogen) atoms. The Hall–Kier alpha value is -1.10. The zero-order chi connectivity index (χ0) is 13.6. The van der Waals surface area contributed by atoms with Gasteiger partial charge in [0.05, 0.1) is 29.7 Å². The predicted octanol–water partition coefficient (Wildman–Crippen LogP) is 2.10. The molecule has 0 bridgehead atoms. The molecule has 7 heteroatoms. The molecule has 0 aliphatic rings. The first-order valence-electron chi connectivity index (χ1n) is 5.26. The van der Waals surface area contributed by atoms with E-state index in [0.29, 0.717) is 22.3 Å². The molecular formula is C11H13BrN2O3S. The zero-order valence-electron chi connectivity index (χ0n) is 9.81. The highest BCUT2D eigenvalue weighted by Crippen LogP contribution is 2.24. The number of hydrogen-bond donors (Lipinski definition) is 1. The number of nitrogens with zero attached hydrogens (tertiary/aromatic N) is 1. The van der Waals surface area contributed by atoms with Crippen LogP contribution in [-0.4, -0.2) is 27.4 Å². The summed E-state index contributed by atoms with van der Waals surface area (Å²) in [7, 11) is -3.44. The second-order valence-corrected chi connectivity index (χ2v) is 6.12. The average molecular weight is 333 g/mol. The summed E-state index contributed by atoms with van der Waals surface area (Å²) in [4.78, 5) is 0. The highest BCUT2D eigenvalue weighted by molar-refractivity contribution is 9.10. The lowest BCUT2D eigenvalue weighted by Crippen LogP contribution is -2.20. The molecule has 0 saturated heterocycles. The Labute approximate surface area is 115 Å². The van der Waals surface area contributed by atoms with Crippen LogP contribution in [0, 0.1) is 11.3 Å². The van der Waals surface area contributed by atoms with Gasteiger partial charge < -0.3 is 4.74 Å². The Morgan fingerprint density at radius 3 is 2.78 bits per heavy atom. The third kappa shape index (κ3) is 4.64. The number of halogens is 1. The second kappa shape index (κ2) is 6.73. The molecule has 0 saturated carbocycles. The fourth-order valence-corrected chi connectivity index (χ4v) is 2.76. The van der Waals surface area contributed by atoms with Crippen molar-refractivity contribution in [2.24, 2.45) is 0 Å². The quantitative estimate of drug-likeness (QED) is 0.809. The summed E-state index contributed by atoms with van der Waals surface area (Å²) in [5.74, 6) is -0.104. The standard InChI is InChI=1S/C11H13BrN2O3S/c1-2-17-5-6-18(15,16)14-11-4-3-9(8-13)7-10(11)12/h3-4,7,14H,2,5-6H2,1H3. The minimum Gasteiger partial charge on any atom is -0.381 e. The molecule has 0 heterocycles. The van der Waals surface area contributed by atoms with Crippen LogP contribution in [0.2, 0.25) is 0 Å². The van der Waals surface area contributed by atoms with Crippen LogP contribution in [0.15, 0.2) is 22.7 Å².